The Balaban J connectivity index is 1.26. The number of H-pyrrole nitrogens is 1. The quantitative estimate of drug-likeness (QED) is 0.248. The summed E-state index contributed by atoms with van der Waals surface area (Å²) < 4.78 is 11.3. The van der Waals surface area contributed by atoms with Crippen molar-refractivity contribution in [1.29, 1.82) is 0 Å². The van der Waals surface area contributed by atoms with Crippen molar-refractivity contribution in [3.63, 3.8) is 0 Å². The number of amides is 1. The number of aromatic nitrogens is 1. The fourth-order valence-corrected chi connectivity index (χ4v) is 5.16. The third-order valence-corrected chi connectivity index (χ3v) is 7.34. The van der Waals surface area contributed by atoms with Gasteiger partial charge >= 0.3 is 7.12 Å². The van der Waals surface area contributed by atoms with Crippen LogP contribution in [0.25, 0.3) is 10.9 Å². The van der Waals surface area contributed by atoms with E-state index in [-0.39, 0.29) is 11.8 Å². The molecule has 2 saturated heterocycles. The highest BCUT2D eigenvalue weighted by molar-refractivity contribution is 6.62. The van der Waals surface area contributed by atoms with Crippen LogP contribution in [-0.2, 0) is 14.1 Å². The lowest BCUT2D eigenvalue weighted by Crippen LogP contribution is -2.47. The number of likely N-dealkylation sites (N-methyl/N-ethyl adjacent to an activating group) is 1. The summed E-state index contributed by atoms with van der Waals surface area (Å²) in [6.07, 6.45) is 0. The molecule has 0 spiro atoms. The predicted octanol–water partition coefficient (Wildman–Crippen LogP) is 2.97. The molecule has 0 unspecified atom stereocenters. The summed E-state index contributed by atoms with van der Waals surface area (Å²) in [4.78, 5) is 25.1. The summed E-state index contributed by atoms with van der Waals surface area (Å²) in [6.45, 7) is 5.24. The van der Waals surface area contributed by atoms with Crippen molar-refractivity contribution in [3.05, 3.63) is 83.9 Å². The second-order valence-corrected chi connectivity index (χ2v) is 10.2. The molecule has 1 amide bonds. The summed E-state index contributed by atoms with van der Waals surface area (Å²) in [5.41, 5.74) is 5.21. The van der Waals surface area contributed by atoms with Gasteiger partial charge in [-0.25, -0.2) is 4.99 Å². The zero-order valence-corrected chi connectivity index (χ0v) is 22.5. The number of benzene rings is 3. The molecule has 40 heavy (non-hydrogen) atoms. The topological polar surface area (TPSA) is 102 Å². The molecular formula is C30H32BN5O4. The molecule has 10 heteroatoms. The Kier molecular flexibility index (Phi) is 7.65. The molecule has 9 nitrogen and oxygen atoms in total. The molecule has 3 N–H and O–H groups in total. The van der Waals surface area contributed by atoms with Gasteiger partial charge < -0.3 is 29.6 Å². The molecule has 204 valence electrons. The number of aromatic hydroxyl groups is 1. The molecule has 0 bridgehead atoms. The minimum absolute atomic E-state index is 0.0257. The zero-order chi connectivity index (χ0) is 27.5. The molecule has 2 aliphatic rings. The van der Waals surface area contributed by atoms with Gasteiger partial charge in [0.15, 0.2) is 5.88 Å². The lowest BCUT2D eigenvalue weighted by Gasteiger charge is -2.31. The summed E-state index contributed by atoms with van der Waals surface area (Å²) in [5, 5.41) is 14.9. The number of carbonyl (C=O) groups is 1. The Morgan fingerprint density at radius 1 is 1.00 bits per heavy atom. The first-order chi connectivity index (χ1) is 19.5. The van der Waals surface area contributed by atoms with Crippen LogP contribution in [0.4, 0.5) is 11.4 Å². The number of anilines is 1. The number of aromatic amines is 1. The van der Waals surface area contributed by atoms with Crippen molar-refractivity contribution in [2.75, 3.05) is 58.3 Å². The van der Waals surface area contributed by atoms with E-state index in [0.29, 0.717) is 36.7 Å². The first-order valence-corrected chi connectivity index (χ1v) is 13.6. The smallest absolute Gasteiger partial charge is 0.494 e. The van der Waals surface area contributed by atoms with E-state index in [2.05, 4.69) is 27.1 Å². The van der Waals surface area contributed by atoms with Gasteiger partial charge in [0.1, 0.15) is 0 Å². The molecule has 0 aliphatic carbocycles. The summed E-state index contributed by atoms with van der Waals surface area (Å²) in [6, 6.07) is 23.1. The van der Waals surface area contributed by atoms with Crippen LogP contribution in [0.15, 0.2) is 77.8 Å². The van der Waals surface area contributed by atoms with E-state index >= 15 is 0 Å². The van der Waals surface area contributed by atoms with Crippen LogP contribution >= 0.6 is 0 Å². The van der Waals surface area contributed by atoms with Crippen LogP contribution < -0.4 is 10.8 Å². The molecule has 6 rings (SSSR count). The highest BCUT2D eigenvalue weighted by atomic mass is 16.6. The Hall–Kier alpha value is -3.96. The van der Waals surface area contributed by atoms with E-state index in [1.54, 1.807) is 0 Å². The second kappa shape index (κ2) is 11.7. The van der Waals surface area contributed by atoms with Crippen molar-refractivity contribution < 1.29 is 19.2 Å². The number of piperazine rings is 1. The molecule has 2 fully saturated rings. The maximum atomic E-state index is 12.6. The number of rotatable bonds is 7. The maximum Gasteiger partial charge on any atom is 0.494 e. The minimum Gasteiger partial charge on any atom is -0.494 e. The molecule has 3 aromatic carbocycles. The van der Waals surface area contributed by atoms with Crippen LogP contribution in [0, 0.1) is 0 Å². The fraction of sp³-hybridized carbons (Fsp3) is 0.267. The second-order valence-electron chi connectivity index (χ2n) is 10.2. The molecular weight excluding hydrogens is 505 g/mol. The van der Waals surface area contributed by atoms with Crippen LogP contribution in [0.2, 0.25) is 0 Å². The molecule has 0 atom stereocenters. The average molecular weight is 537 g/mol. The Bertz CT molecular complexity index is 1510. The van der Waals surface area contributed by atoms with Gasteiger partial charge in [-0.1, -0.05) is 42.5 Å². The molecule has 0 radical (unpaired) electrons. The van der Waals surface area contributed by atoms with E-state index in [9.17, 15) is 9.90 Å². The van der Waals surface area contributed by atoms with Gasteiger partial charge in [0, 0.05) is 48.3 Å². The van der Waals surface area contributed by atoms with Crippen LogP contribution in [0.1, 0.15) is 11.1 Å². The van der Waals surface area contributed by atoms with E-state index in [1.165, 1.54) is 0 Å². The van der Waals surface area contributed by atoms with Gasteiger partial charge in [0.25, 0.3) is 0 Å². The summed E-state index contributed by atoms with van der Waals surface area (Å²) >= 11 is 0. The van der Waals surface area contributed by atoms with E-state index in [0.717, 1.165) is 53.8 Å². The minimum atomic E-state index is -0.402. The maximum absolute atomic E-state index is 12.6. The van der Waals surface area contributed by atoms with E-state index in [1.807, 2.05) is 72.8 Å². The van der Waals surface area contributed by atoms with Gasteiger partial charge in [-0.05, 0) is 42.8 Å². The largest absolute Gasteiger partial charge is 0.494 e. The summed E-state index contributed by atoms with van der Waals surface area (Å²) in [7, 11) is 1.70. The van der Waals surface area contributed by atoms with Crippen molar-refractivity contribution in [3.8, 4) is 5.88 Å². The van der Waals surface area contributed by atoms with Gasteiger partial charge in [-0.2, -0.15) is 0 Å². The number of hydrogen-bond acceptors (Lipinski definition) is 7. The third-order valence-electron chi connectivity index (χ3n) is 7.34. The molecule has 3 heterocycles. The number of nitrogens with zero attached hydrogens (tertiary/aromatic N) is 3. The van der Waals surface area contributed by atoms with Crippen LogP contribution in [0.5, 0.6) is 5.88 Å². The number of carbonyl (C=O) groups excluding carboxylic acids is 1. The fourth-order valence-electron chi connectivity index (χ4n) is 5.16. The van der Waals surface area contributed by atoms with Crippen molar-refractivity contribution in [2.24, 2.45) is 4.99 Å². The normalized spacial score (nSPS) is 17.0. The number of nitrogens with one attached hydrogen (secondary N) is 2. The van der Waals surface area contributed by atoms with E-state index < -0.39 is 7.12 Å². The van der Waals surface area contributed by atoms with Crippen molar-refractivity contribution >= 4 is 46.5 Å². The zero-order valence-electron chi connectivity index (χ0n) is 22.5. The Labute approximate surface area is 233 Å². The highest BCUT2D eigenvalue weighted by Crippen LogP contribution is 2.31. The molecule has 4 aromatic rings. The van der Waals surface area contributed by atoms with Crippen LogP contribution in [-0.4, -0.2) is 91.6 Å². The highest BCUT2D eigenvalue weighted by Gasteiger charge is 2.27. The molecule has 0 saturated carbocycles. The standard InChI is InChI=1S/C30H32BN5O4/c1-35-13-15-36(16-14-35)20-27(37)32-23-8-10-24(11-9-23)33-29(21-5-3-2-4-6-21)28-25-12-7-22(31-39-17-18-40-31)19-26(25)34-30(28)38/h2-12,19,34,38H,13-18,20H2,1H3,(H,32,37). The predicted molar refractivity (Wildman–Crippen MR) is 158 cm³/mol. The van der Waals surface area contributed by atoms with Gasteiger partial charge in [-0.15, -0.1) is 0 Å². The van der Waals surface area contributed by atoms with E-state index in [4.69, 9.17) is 14.3 Å². The van der Waals surface area contributed by atoms with Crippen molar-refractivity contribution in [2.45, 2.75) is 0 Å². The molecule has 2 aliphatic heterocycles. The summed E-state index contributed by atoms with van der Waals surface area (Å²) in [5.74, 6) is 0.0121. The Morgan fingerprint density at radius 3 is 2.45 bits per heavy atom. The first kappa shape index (κ1) is 26.3. The SMILES string of the molecule is CN1CCN(CC(=O)Nc2ccc(N=C(c3ccccc3)c3c(O)[nH]c4cc(B5OCCO5)ccc34)cc2)CC1. The first-order valence-electron chi connectivity index (χ1n) is 13.6. The number of fused-ring (bicyclic) bond motifs is 1. The average Bonchev–Trinajstić information content (AvgIpc) is 3.62. The number of hydrogen-bond donors (Lipinski definition) is 3. The van der Waals surface area contributed by atoms with Gasteiger partial charge in [0.2, 0.25) is 5.91 Å². The van der Waals surface area contributed by atoms with Gasteiger partial charge in [0.05, 0.1) is 36.7 Å². The molecule has 1 aromatic heterocycles. The Morgan fingerprint density at radius 2 is 1.73 bits per heavy atom. The number of aliphatic imine (C=N–C) groups is 1. The van der Waals surface area contributed by atoms with Gasteiger partial charge in [-0.3, -0.25) is 9.69 Å². The third kappa shape index (κ3) is 5.80. The lowest BCUT2D eigenvalue weighted by atomic mass is 9.79. The van der Waals surface area contributed by atoms with Crippen LogP contribution in [0.3, 0.4) is 0 Å². The van der Waals surface area contributed by atoms with Crippen molar-refractivity contribution in [1.82, 2.24) is 14.8 Å². The monoisotopic (exact) mass is 537 g/mol. The lowest BCUT2D eigenvalue weighted by molar-refractivity contribution is -0.117.